The molecule has 7 nitrogen and oxygen atoms in total. The molecule has 0 aliphatic heterocycles. The van der Waals surface area contributed by atoms with E-state index in [0.29, 0.717) is 0 Å². The van der Waals surface area contributed by atoms with Gasteiger partial charge in [-0.25, -0.2) is 9.36 Å². The highest BCUT2D eigenvalue weighted by Gasteiger charge is 2.13. The van der Waals surface area contributed by atoms with Crippen molar-refractivity contribution in [3.05, 3.63) is 11.6 Å². The van der Waals surface area contributed by atoms with Crippen molar-refractivity contribution in [2.24, 2.45) is 0 Å². The fourth-order valence-electron chi connectivity index (χ4n) is 1.39. The van der Waals surface area contributed by atoms with Crippen LogP contribution >= 0.6 is 7.82 Å². The smallest absolute Gasteiger partial charge is 0.303 e. The third-order valence-electron chi connectivity index (χ3n) is 2.03. The van der Waals surface area contributed by atoms with Crippen LogP contribution in [-0.2, 0) is 23.7 Å². The van der Waals surface area contributed by atoms with Crippen LogP contribution < -0.4 is 0 Å². The Labute approximate surface area is 112 Å². The third-order valence-corrected chi connectivity index (χ3v) is 2.55. The van der Waals surface area contributed by atoms with E-state index in [-0.39, 0.29) is 13.2 Å². The van der Waals surface area contributed by atoms with Crippen LogP contribution in [-0.4, -0.2) is 29.0 Å². The van der Waals surface area contributed by atoms with E-state index in [2.05, 4.69) is 14.3 Å². The predicted molar refractivity (Wildman–Crippen MR) is 67.9 cm³/mol. The van der Waals surface area contributed by atoms with Crippen molar-refractivity contribution in [1.82, 2.24) is 0 Å². The van der Waals surface area contributed by atoms with Gasteiger partial charge in [-0.3, -0.25) is 9.41 Å². The fourth-order valence-corrected chi connectivity index (χ4v) is 1.70. The van der Waals surface area contributed by atoms with Crippen molar-refractivity contribution < 1.29 is 33.4 Å². The van der Waals surface area contributed by atoms with Crippen LogP contribution in [0.25, 0.3) is 0 Å². The number of phosphoric ester groups is 1. The predicted octanol–water partition coefficient (Wildman–Crippen LogP) is 2.10. The molecule has 19 heavy (non-hydrogen) atoms. The molecule has 0 fully saturated rings. The van der Waals surface area contributed by atoms with Crippen molar-refractivity contribution in [1.29, 1.82) is 0 Å². The second-order valence-electron chi connectivity index (χ2n) is 3.85. The molecule has 0 aliphatic carbocycles. The number of carbonyl (C=O) groups excluding carboxylic acids is 1. The van der Waals surface area contributed by atoms with Gasteiger partial charge < -0.3 is 9.79 Å². The van der Waals surface area contributed by atoms with E-state index in [1.54, 1.807) is 0 Å². The molecule has 0 spiro atoms. The van der Waals surface area contributed by atoms with Gasteiger partial charge in [-0.1, -0.05) is 32.3 Å². The lowest BCUT2D eigenvalue weighted by atomic mass is 10.1. The molecule has 0 aliphatic rings. The van der Waals surface area contributed by atoms with Gasteiger partial charge in [-0.15, -0.1) is 0 Å². The van der Waals surface area contributed by atoms with Gasteiger partial charge in [0.15, 0.2) is 0 Å². The maximum Gasteiger partial charge on any atom is 0.469 e. The molecule has 0 radical (unpaired) electrons. The van der Waals surface area contributed by atoms with E-state index < -0.39 is 13.8 Å². The molecule has 0 saturated carbocycles. The van der Waals surface area contributed by atoms with Crippen LogP contribution in [0.5, 0.6) is 0 Å². The van der Waals surface area contributed by atoms with Gasteiger partial charge >= 0.3 is 13.8 Å². The molecule has 0 rings (SSSR count). The second kappa shape index (κ2) is 10.1. The zero-order chi connectivity index (χ0) is 14.7. The number of rotatable bonds is 10. The molecule has 0 saturated heterocycles. The first-order chi connectivity index (χ1) is 8.89. The molecule has 0 bridgehead atoms. The highest BCUT2D eigenvalue weighted by Crippen LogP contribution is 2.35. The quantitative estimate of drug-likeness (QED) is 0.209. The number of hydrogen-bond donors (Lipinski definition) is 2. The number of hydrogen-bond acceptors (Lipinski definition) is 5. The average molecular weight is 296 g/mol. The molecule has 0 aromatic heterocycles. The normalized spacial score (nSPS) is 11.2. The summed E-state index contributed by atoms with van der Waals surface area (Å²) in [6.07, 6.45) is 4.91. The monoisotopic (exact) mass is 296 g/mol. The Bertz CT molecular complexity index is 326. The molecule has 2 N–H and O–H groups in total. The van der Waals surface area contributed by atoms with Crippen molar-refractivity contribution in [3.8, 4) is 0 Å². The molecular formula is C11H21O7P. The number of phosphoric acid groups is 1. The topological polar surface area (TPSA) is 102 Å². The van der Waals surface area contributed by atoms with Crippen molar-refractivity contribution >= 4 is 13.8 Å². The van der Waals surface area contributed by atoms with Crippen LogP contribution in [0.2, 0.25) is 0 Å². The summed E-state index contributed by atoms with van der Waals surface area (Å²) in [6, 6.07) is 0. The molecule has 0 amide bonds. The SMILES string of the molecule is CCCC(=CC(=O)OOCCOP(=O)(O)O)CCC. The summed E-state index contributed by atoms with van der Waals surface area (Å²) in [4.78, 5) is 37.0. The highest BCUT2D eigenvalue weighted by atomic mass is 31.2. The van der Waals surface area contributed by atoms with Crippen molar-refractivity contribution in [3.63, 3.8) is 0 Å². The summed E-state index contributed by atoms with van der Waals surface area (Å²) in [7, 11) is -4.50. The van der Waals surface area contributed by atoms with Crippen LogP contribution in [0.1, 0.15) is 39.5 Å². The third kappa shape index (κ3) is 12.1. The minimum absolute atomic E-state index is 0.248. The summed E-state index contributed by atoms with van der Waals surface area (Å²) in [6.45, 7) is 3.43. The van der Waals surface area contributed by atoms with Gasteiger partial charge in [-0.2, -0.15) is 4.89 Å². The van der Waals surface area contributed by atoms with Gasteiger partial charge in [-0.05, 0) is 12.8 Å². The Morgan fingerprint density at radius 3 is 2.21 bits per heavy atom. The molecule has 8 heteroatoms. The largest absolute Gasteiger partial charge is 0.469 e. The van der Waals surface area contributed by atoms with Gasteiger partial charge in [0.1, 0.15) is 6.61 Å². The summed E-state index contributed by atoms with van der Waals surface area (Å²) < 4.78 is 14.4. The average Bonchev–Trinajstić information content (AvgIpc) is 2.27. The minimum atomic E-state index is -4.50. The number of allylic oxidation sites excluding steroid dienone is 1. The second-order valence-corrected chi connectivity index (χ2v) is 5.09. The van der Waals surface area contributed by atoms with Crippen molar-refractivity contribution in [2.75, 3.05) is 13.2 Å². The fraction of sp³-hybridized carbons (Fsp3) is 0.727. The van der Waals surface area contributed by atoms with E-state index in [9.17, 15) is 9.36 Å². The lowest BCUT2D eigenvalue weighted by Gasteiger charge is -2.06. The lowest BCUT2D eigenvalue weighted by molar-refractivity contribution is -0.269. The first-order valence-electron chi connectivity index (χ1n) is 6.12. The van der Waals surface area contributed by atoms with Gasteiger partial charge in [0.05, 0.1) is 6.61 Å². The molecule has 0 unspecified atom stereocenters. The van der Waals surface area contributed by atoms with Gasteiger partial charge in [0, 0.05) is 6.08 Å². The van der Waals surface area contributed by atoms with Crippen LogP contribution in [0.4, 0.5) is 0 Å². The zero-order valence-electron chi connectivity index (χ0n) is 11.2. The van der Waals surface area contributed by atoms with E-state index in [1.165, 1.54) is 6.08 Å². The number of carbonyl (C=O) groups is 1. The molecular weight excluding hydrogens is 275 g/mol. The van der Waals surface area contributed by atoms with E-state index in [4.69, 9.17) is 9.79 Å². The Morgan fingerprint density at radius 2 is 1.74 bits per heavy atom. The van der Waals surface area contributed by atoms with E-state index in [1.807, 2.05) is 13.8 Å². The van der Waals surface area contributed by atoms with E-state index >= 15 is 0 Å². The summed E-state index contributed by atoms with van der Waals surface area (Å²) in [5, 5.41) is 0. The Balaban J connectivity index is 3.90. The standard InChI is InChI=1S/C11H21O7P/c1-3-5-10(6-4-2)9-11(12)18-16-7-8-17-19(13,14)15/h9H,3-8H2,1-2H3,(H2,13,14,15). The molecule has 0 heterocycles. The van der Waals surface area contributed by atoms with Gasteiger partial charge in [0.2, 0.25) is 0 Å². The summed E-state index contributed by atoms with van der Waals surface area (Å²) in [5.74, 6) is -0.631. The van der Waals surface area contributed by atoms with Gasteiger partial charge in [0.25, 0.3) is 0 Å². The van der Waals surface area contributed by atoms with Crippen LogP contribution in [0.15, 0.2) is 11.6 Å². The maximum absolute atomic E-state index is 11.3. The Morgan fingerprint density at radius 1 is 1.16 bits per heavy atom. The molecule has 0 aromatic carbocycles. The molecule has 0 atom stereocenters. The first-order valence-corrected chi connectivity index (χ1v) is 7.65. The zero-order valence-corrected chi connectivity index (χ0v) is 12.1. The van der Waals surface area contributed by atoms with Crippen LogP contribution in [0.3, 0.4) is 0 Å². The molecule has 0 aromatic rings. The highest BCUT2D eigenvalue weighted by molar-refractivity contribution is 7.46. The minimum Gasteiger partial charge on any atom is -0.303 e. The lowest BCUT2D eigenvalue weighted by Crippen LogP contribution is -2.08. The Hall–Kier alpha value is -0.720. The summed E-state index contributed by atoms with van der Waals surface area (Å²) >= 11 is 0. The maximum atomic E-state index is 11.3. The van der Waals surface area contributed by atoms with Crippen LogP contribution in [0, 0.1) is 0 Å². The first kappa shape index (κ1) is 18.3. The Kier molecular flexibility index (Phi) is 9.73. The summed E-state index contributed by atoms with van der Waals surface area (Å²) in [5.41, 5.74) is 0.991. The van der Waals surface area contributed by atoms with E-state index in [0.717, 1.165) is 31.3 Å². The van der Waals surface area contributed by atoms with Crippen molar-refractivity contribution in [2.45, 2.75) is 39.5 Å². The molecule has 112 valence electrons.